The maximum Gasteiger partial charge on any atom is 0.242 e. The highest BCUT2D eigenvalue weighted by molar-refractivity contribution is 6.51. The molecule has 0 spiro atoms. The summed E-state index contributed by atoms with van der Waals surface area (Å²) in [7, 11) is 0. The molecule has 0 aromatic carbocycles. The van der Waals surface area contributed by atoms with Gasteiger partial charge in [0.15, 0.2) is 5.78 Å². The minimum atomic E-state index is -0.815. The quantitative estimate of drug-likeness (QED) is 0.411. The van der Waals surface area contributed by atoms with Gasteiger partial charge in [-0.15, -0.1) is 23.2 Å². The van der Waals surface area contributed by atoms with Crippen LogP contribution in [0, 0.1) is 10.8 Å². The van der Waals surface area contributed by atoms with E-state index in [0.717, 1.165) is 6.42 Å². The van der Waals surface area contributed by atoms with E-state index in [9.17, 15) is 14.4 Å². The zero-order valence-electron chi connectivity index (χ0n) is 16.9. The van der Waals surface area contributed by atoms with Gasteiger partial charge in [-0.1, -0.05) is 6.92 Å². The molecule has 162 valence electrons. The summed E-state index contributed by atoms with van der Waals surface area (Å²) in [5.74, 6) is -0.828. The number of likely N-dealkylation sites (tertiary alicyclic amines) is 1. The summed E-state index contributed by atoms with van der Waals surface area (Å²) in [5, 5.41) is 13.7. The summed E-state index contributed by atoms with van der Waals surface area (Å²) < 4.78 is -0.815. The molecule has 10 heteroatoms. The topological polar surface area (TPSA) is 115 Å². The minimum Gasteiger partial charge on any atom is -0.374 e. The first-order valence-corrected chi connectivity index (χ1v) is 10.5. The Morgan fingerprint density at radius 3 is 2.70 bits per heavy atom. The number of nitrogens with one attached hydrogen (secondary N) is 3. The van der Waals surface area contributed by atoms with Crippen molar-refractivity contribution in [1.82, 2.24) is 15.2 Å². The monoisotopic (exact) mass is 453 g/mol. The number of halogens is 2. The summed E-state index contributed by atoms with van der Waals surface area (Å²) in [6.45, 7) is 4.01. The van der Waals surface area contributed by atoms with E-state index in [0.29, 0.717) is 37.2 Å². The summed E-state index contributed by atoms with van der Waals surface area (Å²) >= 11 is 12.2. The van der Waals surface area contributed by atoms with Crippen molar-refractivity contribution >= 4 is 52.2 Å². The molecule has 2 aliphatic rings. The number of ketones is 1. The lowest BCUT2D eigenvalue weighted by atomic mass is 10.1. The Morgan fingerprint density at radius 2 is 2.07 bits per heavy atom. The molecule has 8 nitrogen and oxygen atoms in total. The number of amides is 2. The van der Waals surface area contributed by atoms with Gasteiger partial charge in [0.25, 0.3) is 0 Å². The molecule has 1 aliphatic carbocycles. The zero-order chi connectivity index (χ0) is 22.1. The van der Waals surface area contributed by atoms with E-state index in [4.69, 9.17) is 28.6 Å². The molecule has 1 aromatic rings. The van der Waals surface area contributed by atoms with Crippen LogP contribution in [0.15, 0.2) is 18.5 Å². The van der Waals surface area contributed by atoms with Crippen molar-refractivity contribution in [2.45, 2.75) is 43.5 Å². The van der Waals surface area contributed by atoms with E-state index in [1.165, 1.54) is 19.3 Å². The zero-order valence-corrected chi connectivity index (χ0v) is 18.4. The van der Waals surface area contributed by atoms with Crippen LogP contribution in [0.2, 0.25) is 0 Å². The van der Waals surface area contributed by atoms with Crippen LogP contribution in [0.1, 0.15) is 38.7 Å². The molecule has 3 rings (SSSR count). The van der Waals surface area contributed by atoms with Crippen LogP contribution in [0.3, 0.4) is 0 Å². The second kappa shape index (κ2) is 8.51. The second-order valence-electron chi connectivity index (χ2n) is 8.11. The molecular formula is C20H25Cl2N5O3. The molecule has 1 aliphatic heterocycles. The molecule has 2 fully saturated rings. The number of aromatic nitrogens is 1. The van der Waals surface area contributed by atoms with Crippen molar-refractivity contribution in [3.63, 3.8) is 0 Å². The Balaban J connectivity index is 1.58. The second-order valence-corrected chi connectivity index (χ2v) is 9.59. The van der Waals surface area contributed by atoms with Gasteiger partial charge in [-0.2, -0.15) is 0 Å². The Bertz CT molecular complexity index is 891. The summed E-state index contributed by atoms with van der Waals surface area (Å²) in [4.78, 5) is 42.5. The van der Waals surface area contributed by atoms with Crippen LogP contribution >= 0.6 is 23.2 Å². The number of carbonyl (C=O) groups is 3. The summed E-state index contributed by atoms with van der Waals surface area (Å²) in [5.41, 5.74) is 0.297. The number of nitrogens with zero attached hydrogens (tertiary/aromatic N) is 2. The fraction of sp³-hybridized carbons (Fsp3) is 0.550. The third kappa shape index (κ3) is 4.59. The lowest BCUT2D eigenvalue weighted by Gasteiger charge is -2.25. The van der Waals surface area contributed by atoms with E-state index >= 15 is 0 Å². The minimum absolute atomic E-state index is 0.0716. The van der Waals surface area contributed by atoms with Crippen molar-refractivity contribution in [2.24, 2.45) is 5.41 Å². The number of carbonyl (C=O) groups excluding carboxylic acids is 3. The van der Waals surface area contributed by atoms with Gasteiger partial charge in [0.1, 0.15) is 16.1 Å². The molecule has 1 aromatic heterocycles. The Kier molecular flexibility index (Phi) is 6.38. The number of Topliss-reactive ketones (excluding diaryl/α,β-unsaturated/α-hetero) is 1. The van der Waals surface area contributed by atoms with Crippen LogP contribution in [0.4, 0.5) is 5.69 Å². The fourth-order valence-corrected chi connectivity index (χ4v) is 4.31. The fourth-order valence-electron chi connectivity index (χ4n) is 3.59. The van der Waals surface area contributed by atoms with Gasteiger partial charge in [-0.3, -0.25) is 24.8 Å². The van der Waals surface area contributed by atoms with Crippen LogP contribution in [-0.4, -0.2) is 63.2 Å². The van der Waals surface area contributed by atoms with E-state index in [2.05, 4.69) is 15.6 Å². The van der Waals surface area contributed by atoms with E-state index in [1.54, 1.807) is 11.0 Å². The van der Waals surface area contributed by atoms with Crippen LogP contribution < -0.4 is 10.6 Å². The molecule has 0 radical (unpaired) electrons. The van der Waals surface area contributed by atoms with Crippen molar-refractivity contribution in [3.05, 3.63) is 24.0 Å². The number of alkyl halides is 2. The van der Waals surface area contributed by atoms with Gasteiger partial charge in [0.05, 0.1) is 18.4 Å². The van der Waals surface area contributed by atoms with Gasteiger partial charge >= 0.3 is 0 Å². The molecule has 2 heterocycles. The van der Waals surface area contributed by atoms with Crippen molar-refractivity contribution < 1.29 is 14.4 Å². The summed E-state index contributed by atoms with van der Waals surface area (Å²) in [6.07, 6.45) is 4.90. The number of hydrogen-bond acceptors (Lipinski definition) is 6. The normalized spacial score (nSPS) is 24.3. The lowest BCUT2D eigenvalue weighted by Crippen LogP contribution is -2.48. The van der Waals surface area contributed by atoms with Gasteiger partial charge in [-0.25, -0.2) is 0 Å². The average molecular weight is 454 g/mol. The number of hydrogen-bond donors (Lipinski definition) is 3. The predicted octanol–water partition coefficient (Wildman–Crippen LogP) is 2.14. The first-order chi connectivity index (χ1) is 14.1. The maximum atomic E-state index is 12.8. The van der Waals surface area contributed by atoms with Crippen LogP contribution in [0.5, 0.6) is 0 Å². The molecule has 0 bridgehead atoms. The third-order valence-corrected chi connectivity index (χ3v) is 6.95. The summed E-state index contributed by atoms with van der Waals surface area (Å²) in [6, 6.07) is 1.01. The number of pyridine rings is 1. The molecule has 1 saturated carbocycles. The molecule has 2 amide bonds. The SMILES string of the molecule is CC(=O)C(=N)c1ccncc1NCC(=O)N1CCC[C@H]1C(=O)NCC1(C)CC1(Cl)Cl. The van der Waals surface area contributed by atoms with Crippen molar-refractivity contribution in [3.8, 4) is 0 Å². The van der Waals surface area contributed by atoms with Gasteiger partial charge in [0.2, 0.25) is 11.8 Å². The van der Waals surface area contributed by atoms with Gasteiger partial charge in [0, 0.05) is 37.2 Å². The Morgan fingerprint density at radius 1 is 1.37 bits per heavy atom. The maximum absolute atomic E-state index is 12.8. The van der Waals surface area contributed by atoms with E-state index < -0.39 is 10.4 Å². The van der Waals surface area contributed by atoms with Crippen LogP contribution in [-0.2, 0) is 14.4 Å². The molecule has 1 unspecified atom stereocenters. The number of rotatable bonds is 8. The molecular weight excluding hydrogens is 429 g/mol. The Hall–Kier alpha value is -2.19. The largest absolute Gasteiger partial charge is 0.374 e. The van der Waals surface area contributed by atoms with Crippen LogP contribution in [0.25, 0.3) is 0 Å². The average Bonchev–Trinajstić information content (AvgIpc) is 3.03. The highest BCUT2D eigenvalue weighted by Gasteiger charge is 2.62. The number of anilines is 1. The third-order valence-electron chi connectivity index (χ3n) is 5.77. The lowest BCUT2D eigenvalue weighted by molar-refractivity contribution is -0.137. The molecule has 2 atom stereocenters. The Labute approximate surface area is 185 Å². The molecule has 30 heavy (non-hydrogen) atoms. The van der Waals surface area contributed by atoms with Gasteiger partial charge < -0.3 is 15.5 Å². The van der Waals surface area contributed by atoms with Crippen molar-refractivity contribution in [2.75, 3.05) is 25.0 Å². The van der Waals surface area contributed by atoms with E-state index in [-0.39, 0.29) is 35.3 Å². The van der Waals surface area contributed by atoms with Crippen molar-refractivity contribution in [1.29, 1.82) is 5.41 Å². The van der Waals surface area contributed by atoms with E-state index in [1.807, 2.05) is 6.92 Å². The highest BCUT2D eigenvalue weighted by Crippen LogP contribution is 2.63. The first-order valence-electron chi connectivity index (χ1n) is 9.78. The smallest absolute Gasteiger partial charge is 0.242 e. The predicted molar refractivity (Wildman–Crippen MR) is 115 cm³/mol. The first kappa shape index (κ1) is 22.5. The highest BCUT2D eigenvalue weighted by atomic mass is 35.5. The molecule has 3 N–H and O–H groups in total. The van der Waals surface area contributed by atoms with Gasteiger partial charge in [-0.05, 0) is 25.3 Å². The molecule has 1 saturated heterocycles. The standard InChI is InChI=1S/C20H25Cl2N5O3/c1-12(28)17(23)13-5-6-24-8-14(13)25-9-16(29)27-7-3-4-15(27)18(30)26-11-19(2)10-20(19,21)22/h5-6,8,15,23,25H,3-4,7,9-11H2,1-2H3,(H,26,30)/t15-,19?/m0/s1.